The molecule has 128 valence electrons. The summed E-state index contributed by atoms with van der Waals surface area (Å²) in [5, 5.41) is 18.6. The minimum Gasteiger partial charge on any atom is -0.345 e. The molecular weight excluding hydrogens is 350 g/mol. The van der Waals surface area contributed by atoms with Crippen molar-refractivity contribution in [3.8, 4) is 11.1 Å². The van der Waals surface area contributed by atoms with Gasteiger partial charge < -0.3 is 10.3 Å². The zero-order chi connectivity index (χ0) is 18.1. The van der Waals surface area contributed by atoms with Crippen LogP contribution in [0.3, 0.4) is 0 Å². The molecule has 0 spiro atoms. The lowest BCUT2D eigenvalue weighted by Crippen LogP contribution is -2.12. The van der Waals surface area contributed by atoms with Crippen LogP contribution in [-0.2, 0) is 0 Å². The highest BCUT2D eigenvalue weighted by Crippen LogP contribution is 2.27. The molecule has 0 atom stereocenters. The first-order valence-electron chi connectivity index (χ1n) is 7.82. The zero-order valence-electron chi connectivity index (χ0n) is 13.4. The first kappa shape index (κ1) is 16.0. The van der Waals surface area contributed by atoms with E-state index in [0.717, 1.165) is 11.1 Å². The van der Waals surface area contributed by atoms with Gasteiger partial charge in [-0.05, 0) is 46.2 Å². The van der Waals surface area contributed by atoms with Crippen LogP contribution >= 0.6 is 11.3 Å². The Morgan fingerprint density at radius 1 is 1.08 bits per heavy atom. The monoisotopic (exact) mass is 363 g/mol. The van der Waals surface area contributed by atoms with Crippen molar-refractivity contribution in [1.82, 2.24) is 4.98 Å². The number of benzene rings is 2. The highest BCUT2D eigenvalue weighted by atomic mass is 32.1. The van der Waals surface area contributed by atoms with Crippen molar-refractivity contribution in [2.45, 2.75) is 0 Å². The SMILES string of the molecule is O=C(Nc1cccc(-c2ccsc2)c1)c1cc2cccc([N+](=O)[O-])c2[nH]1. The highest BCUT2D eigenvalue weighted by molar-refractivity contribution is 7.08. The molecule has 0 fully saturated rings. The van der Waals surface area contributed by atoms with Crippen molar-refractivity contribution >= 4 is 39.5 Å². The van der Waals surface area contributed by atoms with Gasteiger partial charge in [-0.1, -0.05) is 24.3 Å². The molecule has 0 unspecified atom stereocenters. The number of nitrogens with one attached hydrogen (secondary N) is 2. The van der Waals surface area contributed by atoms with E-state index in [0.29, 0.717) is 16.6 Å². The summed E-state index contributed by atoms with van der Waals surface area (Å²) in [5.74, 6) is -0.349. The largest absolute Gasteiger partial charge is 0.345 e. The predicted molar refractivity (Wildman–Crippen MR) is 103 cm³/mol. The van der Waals surface area contributed by atoms with E-state index in [1.165, 1.54) is 6.07 Å². The van der Waals surface area contributed by atoms with Gasteiger partial charge in [-0.3, -0.25) is 14.9 Å². The normalized spacial score (nSPS) is 10.8. The predicted octanol–water partition coefficient (Wildman–Crippen LogP) is 5.06. The molecule has 6 nitrogen and oxygen atoms in total. The fourth-order valence-electron chi connectivity index (χ4n) is 2.82. The third-order valence-corrected chi connectivity index (χ3v) is 4.73. The van der Waals surface area contributed by atoms with Gasteiger partial charge in [0.2, 0.25) is 0 Å². The molecule has 4 aromatic rings. The molecular formula is C19H13N3O3S. The number of amides is 1. The number of H-pyrrole nitrogens is 1. The summed E-state index contributed by atoms with van der Waals surface area (Å²) in [7, 11) is 0. The van der Waals surface area contributed by atoms with E-state index in [1.54, 1.807) is 35.6 Å². The Labute approximate surface area is 152 Å². The molecule has 0 aliphatic carbocycles. The number of anilines is 1. The van der Waals surface area contributed by atoms with Gasteiger partial charge in [-0.2, -0.15) is 11.3 Å². The van der Waals surface area contributed by atoms with Crippen LogP contribution in [0.25, 0.3) is 22.0 Å². The third kappa shape index (κ3) is 2.96. The van der Waals surface area contributed by atoms with Gasteiger partial charge in [0.05, 0.1) is 4.92 Å². The molecule has 0 bridgehead atoms. The Hall–Kier alpha value is -3.45. The van der Waals surface area contributed by atoms with Crippen molar-refractivity contribution in [2.75, 3.05) is 5.32 Å². The van der Waals surface area contributed by atoms with E-state index < -0.39 is 4.92 Å². The van der Waals surface area contributed by atoms with Gasteiger partial charge in [0.1, 0.15) is 11.2 Å². The van der Waals surface area contributed by atoms with Crippen LogP contribution in [0.2, 0.25) is 0 Å². The second-order valence-electron chi connectivity index (χ2n) is 5.73. The number of hydrogen-bond acceptors (Lipinski definition) is 4. The number of fused-ring (bicyclic) bond motifs is 1. The third-order valence-electron chi connectivity index (χ3n) is 4.05. The molecule has 4 rings (SSSR count). The number of nitrogens with zero attached hydrogens (tertiary/aromatic N) is 1. The number of thiophene rings is 1. The average Bonchev–Trinajstić information content (AvgIpc) is 3.31. The molecule has 0 radical (unpaired) electrons. The van der Waals surface area contributed by atoms with Crippen LogP contribution in [0.5, 0.6) is 0 Å². The van der Waals surface area contributed by atoms with Crippen LogP contribution < -0.4 is 5.32 Å². The summed E-state index contributed by atoms with van der Waals surface area (Å²) in [6.07, 6.45) is 0. The molecule has 0 aliphatic rings. The lowest BCUT2D eigenvalue weighted by molar-refractivity contribution is -0.383. The van der Waals surface area contributed by atoms with Crippen LogP contribution in [-0.4, -0.2) is 15.8 Å². The fraction of sp³-hybridized carbons (Fsp3) is 0. The van der Waals surface area contributed by atoms with Gasteiger partial charge in [-0.25, -0.2) is 0 Å². The number of aromatic amines is 1. The molecule has 2 aromatic heterocycles. The number of rotatable bonds is 4. The minimum atomic E-state index is -0.467. The number of non-ortho nitro benzene ring substituents is 1. The number of aromatic nitrogens is 1. The number of nitro groups is 1. The summed E-state index contributed by atoms with van der Waals surface area (Å²) in [5.41, 5.74) is 3.32. The van der Waals surface area contributed by atoms with Crippen molar-refractivity contribution in [2.24, 2.45) is 0 Å². The molecule has 2 N–H and O–H groups in total. The average molecular weight is 363 g/mol. The van der Waals surface area contributed by atoms with Crippen LogP contribution in [0, 0.1) is 10.1 Å². The molecule has 0 aliphatic heterocycles. The Morgan fingerprint density at radius 3 is 2.69 bits per heavy atom. The first-order chi connectivity index (χ1) is 12.6. The first-order valence-corrected chi connectivity index (χ1v) is 8.76. The second-order valence-corrected chi connectivity index (χ2v) is 6.51. The molecule has 26 heavy (non-hydrogen) atoms. The molecule has 2 aromatic carbocycles. The van der Waals surface area contributed by atoms with E-state index in [-0.39, 0.29) is 17.3 Å². The quantitative estimate of drug-likeness (QED) is 0.392. The summed E-state index contributed by atoms with van der Waals surface area (Å²) < 4.78 is 0. The van der Waals surface area contributed by atoms with Crippen LogP contribution in [0.15, 0.2) is 65.4 Å². The van der Waals surface area contributed by atoms with E-state index in [4.69, 9.17) is 0 Å². The zero-order valence-corrected chi connectivity index (χ0v) is 14.2. The van der Waals surface area contributed by atoms with Crippen molar-refractivity contribution in [3.05, 3.63) is 81.2 Å². The molecule has 1 amide bonds. The molecule has 0 saturated carbocycles. The maximum absolute atomic E-state index is 12.6. The Balaban J connectivity index is 1.63. The smallest absolute Gasteiger partial charge is 0.293 e. The van der Waals surface area contributed by atoms with Gasteiger partial charge in [-0.15, -0.1) is 0 Å². The Kier molecular flexibility index (Phi) is 3.98. The number of hydrogen-bond donors (Lipinski definition) is 2. The number of carbonyl (C=O) groups is 1. The fourth-order valence-corrected chi connectivity index (χ4v) is 3.48. The lowest BCUT2D eigenvalue weighted by atomic mass is 10.1. The van der Waals surface area contributed by atoms with Gasteiger partial charge >= 0.3 is 0 Å². The minimum absolute atomic E-state index is 0.0546. The summed E-state index contributed by atoms with van der Waals surface area (Å²) >= 11 is 1.61. The number of nitro benzene ring substituents is 1. The number of para-hydroxylation sites is 1. The van der Waals surface area contributed by atoms with E-state index in [1.807, 2.05) is 35.0 Å². The van der Waals surface area contributed by atoms with Crippen molar-refractivity contribution < 1.29 is 9.72 Å². The van der Waals surface area contributed by atoms with Crippen LogP contribution in [0.4, 0.5) is 11.4 Å². The maximum Gasteiger partial charge on any atom is 0.293 e. The van der Waals surface area contributed by atoms with Crippen molar-refractivity contribution in [1.29, 1.82) is 0 Å². The van der Waals surface area contributed by atoms with E-state index >= 15 is 0 Å². The van der Waals surface area contributed by atoms with Gasteiger partial charge in [0.15, 0.2) is 0 Å². The summed E-state index contributed by atoms with van der Waals surface area (Å²) in [6.45, 7) is 0. The summed E-state index contributed by atoms with van der Waals surface area (Å²) in [4.78, 5) is 26.1. The van der Waals surface area contributed by atoms with Crippen molar-refractivity contribution in [3.63, 3.8) is 0 Å². The summed E-state index contributed by atoms with van der Waals surface area (Å²) in [6, 6.07) is 15.9. The topological polar surface area (TPSA) is 88.0 Å². The molecule has 7 heteroatoms. The highest BCUT2D eigenvalue weighted by Gasteiger charge is 2.17. The lowest BCUT2D eigenvalue weighted by Gasteiger charge is -2.06. The van der Waals surface area contributed by atoms with Gasteiger partial charge in [0, 0.05) is 17.1 Å². The second kappa shape index (κ2) is 6.45. The maximum atomic E-state index is 12.6. The van der Waals surface area contributed by atoms with E-state index in [2.05, 4.69) is 10.3 Å². The number of carbonyl (C=O) groups excluding carboxylic acids is 1. The Morgan fingerprint density at radius 2 is 1.92 bits per heavy atom. The Bertz CT molecular complexity index is 1120. The standard InChI is InChI=1S/C19H13N3O3S/c23-19(16-10-13-4-2-6-17(22(24)25)18(13)21-16)20-15-5-1-3-12(9-15)14-7-8-26-11-14/h1-11,21H,(H,20,23). The molecule has 2 heterocycles. The van der Waals surface area contributed by atoms with E-state index in [9.17, 15) is 14.9 Å². The molecule has 0 saturated heterocycles. The van der Waals surface area contributed by atoms with Gasteiger partial charge in [0.25, 0.3) is 11.6 Å². The van der Waals surface area contributed by atoms with Crippen LogP contribution in [0.1, 0.15) is 10.5 Å².